The second kappa shape index (κ2) is 8.73. The molecule has 8 heteroatoms. The lowest BCUT2D eigenvalue weighted by Gasteiger charge is -2.21. The lowest BCUT2D eigenvalue weighted by molar-refractivity contribution is 0.0961. The van der Waals surface area contributed by atoms with E-state index in [1.54, 1.807) is 0 Å². The SMILES string of the molecule is CNC(=O)c1cc(C(=O)CC2CCCS(=O)(=O)C2)cn(Cc2ccccc2)c1=O. The van der Waals surface area contributed by atoms with Crippen LogP contribution >= 0.6 is 0 Å². The van der Waals surface area contributed by atoms with Crippen molar-refractivity contribution < 1.29 is 18.0 Å². The van der Waals surface area contributed by atoms with Crippen LogP contribution in [0.1, 0.15) is 45.5 Å². The van der Waals surface area contributed by atoms with Gasteiger partial charge in [-0.15, -0.1) is 0 Å². The maximum atomic E-state index is 12.9. The third-order valence-electron chi connectivity index (χ3n) is 5.11. The maximum Gasteiger partial charge on any atom is 0.263 e. The van der Waals surface area contributed by atoms with Crippen LogP contribution in [0.5, 0.6) is 0 Å². The zero-order valence-corrected chi connectivity index (χ0v) is 17.1. The van der Waals surface area contributed by atoms with Crippen molar-refractivity contribution >= 4 is 21.5 Å². The van der Waals surface area contributed by atoms with Gasteiger partial charge in [-0.1, -0.05) is 30.3 Å². The lowest BCUT2D eigenvalue weighted by atomic mass is 9.95. The number of ketones is 1. The average molecular weight is 416 g/mol. The Bertz CT molecular complexity index is 1070. The smallest absolute Gasteiger partial charge is 0.263 e. The number of carbonyl (C=O) groups is 2. The third-order valence-corrected chi connectivity index (χ3v) is 7.00. The van der Waals surface area contributed by atoms with Gasteiger partial charge in [0.05, 0.1) is 18.1 Å². The van der Waals surface area contributed by atoms with Crippen molar-refractivity contribution in [2.24, 2.45) is 5.92 Å². The van der Waals surface area contributed by atoms with Gasteiger partial charge >= 0.3 is 0 Å². The molecule has 1 N–H and O–H groups in total. The van der Waals surface area contributed by atoms with E-state index < -0.39 is 21.3 Å². The van der Waals surface area contributed by atoms with E-state index in [0.717, 1.165) is 5.56 Å². The summed E-state index contributed by atoms with van der Waals surface area (Å²) >= 11 is 0. The topological polar surface area (TPSA) is 102 Å². The van der Waals surface area contributed by atoms with Crippen LogP contribution in [0.2, 0.25) is 0 Å². The van der Waals surface area contributed by atoms with Crippen molar-refractivity contribution in [2.75, 3.05) is 18.6 Å². The summed E-state index contributed by atoms with van der Waals surface area (Å²) in [7, 11) is -1.69. The van der Waals surface area contributed by atoms with Gasteiger partial charge in [-0.25, -0.2) is 8.42 Å². The zero-order valence-electron chi connectivity index (χ0n) is 16.3. The molecule has 1 fully saturated rings. The first-order chi connectivity index (χ1) is 13.8. The molecule has 1 aliphatic rings. The van der Waals surface area contributed by atoms with E-state index in [1.165, 1.54) is 23.9 Å². The summed E-state index contributed by atoms with van der Waals surface area (Å²) in [6, 6.07) is 10.6. The van der Waals surface area contributed by atoms with Gasteiger partial charge < -0.3 is 9.88 Å². The first-order valence-corrected chi connectivity index (χ1v) is 11.4. The first-order valence-electron chi connectivity index (χ1n) is 9.53. The molecule has 0 bridgehead atoms. The van der Waals surface area contributed by atoms with Crippen LogP contribution in [0.3, 0.4) is 0 Å². The molecule has 1 aliphatic heterocycles. The predicted octanol–water partition coefficient (Wildman–Crippen LogP) is 1.65. The van der Waals surface area contributed by atoms with Gasteiger partial charge in [0, 0.05) is 25.2 Å². The lowest BCUT2D eigenvalue weighted by Crippen LogP contribution is -2.33. The van der Waals surface area contributed by atoms with Crippen molar-refractivity contribution in [1.29, 1.82) is 0 Å². The Kier molecular flexibility index (Phi) is 6.32. The van der Waals surface area contributed by atoms with Crippen molar-refractivity contribution in [1.82, 2.24) is 9.88 Å². The van der Waals surface area contributed by atoms with E-state index in [-0.39, 0.29) is 47.3 Å². The van der Waals surface area contributed by atoms with Crippen LogP contribution in [-0.4, -0.2) is 43.2 Å². The summed E-state index contributed by atoms with van der Waals surface area (Å²) in [4.78, 5) is 37.8. The number of carbonyl (C=O) groups excluding carboxylic acids is 2. The predicted molar refractivity (Wildman–Crippen MR) is 110 cm³/mol. The van der Waals surface area contributed by atoms with Gasteiger partial charge in [0.2, 0.25) is 0 Å². The Morgan fingerprint density at radius 1 is 1.21 bits per heavy atom. The van der Waals surface area contributed by atoms with Gasteiger partial charge in [0.15, 0.2) is 15.6 Å². The normalized spacial score (nSPS) is 18.2. The largest absolute Gasteiger partial charge is 0.355 e. The fourth-order valence-electron chi connectivity index (χ4n) is 3.64. The summed E-state index contributed by atoms with van der Waals surface area (Å²) in [5.74, 6) is -0.893. The first kappa shape index (κ1) is 21.0. The fraction of sp³-hybridized carbons (Fsp3) is 0.381. The van der Waals surface area contributed by atoms with E-state index in [9.17, 15) is 22.8 Å². The molecule has 7 nitrogen and oxygen atoms in total. The van der Waals surface area contributed by atoms with Crippen LogP contribution in [0.4, 0.5) is 0 Å². The van der Waals surface area contributed by atoms with Crippen molar-refractivity contribution in [2.45, 2.75) is 25.8 Å². The number of pyridine rings is 1. The van der Waals surface area contributed by atoms with E-state index >= 15 is 0 Å². The van der Waals surface area contributed by atoms with Gasteiger partial charge in [-0.2, -0.15) is 0 Å². The summed E-state index contributed by atoms with van der Waals surface area (Å²) < 4.78 is 25.1. The molecular formula is C21H24N2O5S. The third kappa shape index (κ3) is 5.20. The summed E-state index contributed by atoms with van der Waals surface area (Å²) in [6.45, 7) is 0.225. The minimum Gasteiger partial charge on any atom is -0.355 e. The number of hydrogen-bond donors (Lipinski definition) is 1. The number of amides is 1. The molecular weight excluding hydrogens is 392 g/mol. The van der Waals surface area contributed by atoms with Crippen LogP contribution in [0.25, 0.3) is 0 Å². The Hall–Kier alpha value is -2.74. The number of nitrogens with zero attached hydrogens (tertiary/aromatic N) is 1. The minimum atomic E-state index is -3.11. The second-order valence-electron chi connectivity index (χ2n) is 7.39. The molecule has 0 radical (unpaired) electrons. The van der Waals surface area contributed by atoms with E-state index in [2.05, 4.69) is 5.32 Å². The van der Waals surface area contributed by atoms with Crippen LogP contribution in [0, 0.1) is 5.92 Å². The van der Waals surface area contributed by atoms with Gasteiger partial charge in [-0.05, 0) is 30.4 Å². The van der Waals surface area contributed by atoms with Crippen molar-refractivity contribution in [3.63, 3.8) is 0 Å². The molecule has 0 aliphatic carbocycles. The van der Waals surface area contributed by atoms with Crippen LogP contribution < -0.4 is 10.9 Å². The van der Waals surface area contributed by atoms with E-state index in [4.69, 9.17) is 0 Å². The molecule has 1 amide bonds. The van der Waals surface area contributed by atoms with Crippen molar-refractivity contribution in [3.05, 3.63) is 69.6 Å². The molecule has 0 spiro atoms. The molecule has 1 aromatic carbocycles. The molecule has 2 aromatic rings. The highest BCUT2D eigenvalue weighted by atomic mass is 32.2. The summed E-state index contributed by atoms with van der Waals surface area (Å²) in [5, 5.41) is 2.43. The standard InChI is InChI=1S/C21H24N2O5S/c1-22-20(25)18-11-17(19(24)10-16-8-5-9-29(27,28)14-16)13-23(21(18)26)12-15-6-3-2-4-7-15/h2-4,6-7,11,13,16H,5,8-10,12,14H2,1H3,(H,22,25). The number of benzene rings is 1. The summed E-state index contributed by atoms with van der Waals surface area (Å²) in [5.41, 5.74) is 0.512. The Morgan fingerprint density at radius 2 is 1.93 bits per heavy atom. The second-order valence-corrected chi connectivity index (χ2v) is 9.62. The van der Waals surface area contributed by atoms with Crippen LogP contribution in [-0.2, 0) is 16.4 Å². The molecule has 3 rings (SSSR count). The highest BCUT2D eigenvalue weighted by Gasteiger charge is 2.27. The van der Waals surface area contributed by atoms with Crippen LogP contribution in [0.15, 0.2) is 47.4 Å². The quantitative estimate of drug-likeness (QED) is 0.722. The van der Waals surface area contributed by atoms with Gasteiger partial charge in [0.25, 0.3) is 11.5 Å². The highest BCUT2D eigenvalue weighted by Crippen LogP contribution is 2.23. The zero-order chi connectivity index (χ0) is 21.0. The highest BCUT2D eigenvalue weighted by molar-refractivity contribution is 7.91. The number of hydrogen-bond acceptors (Lipinski definition) is 5. The Labute approximate surface area is 169 Å². The van der Waals surface area contributed by atoms with Gasteiger partial charge in [-0.3, -0.25) is 14.4 Å². The molecule has 2 heterocycles. The number of rotatable bonds is 6. The molecule has 1 unspecified atom stereocenters. The molecule has 29 heavy (non-hydrogen) atoms. The fourth-order valence-corrected chi connectivity index (χ4v) is 5.42. The average Bonchev–Trinajstić information content (AvgIpc) is 2.69. The summed E-state index contributed by atoms with van der Waals surface area (Å²) in [6.07, 6.45) is 2.77. The molecule has 1 aromatic heterocycles. The number of sulfone groups is 1. The monoisotopic (exact) mass is 416 g/mol. The van der Waals surface area contributed by atoms with E-state index in [0.29, 0.717) is 12.8 Å². The number of aromatic nitrogens is 1. The number of nitrogens with one attached hydrogen (secondary N) is 1. The van der Waals surface area contributed by atoms with Crippen molar-refractivity contribution in [3.8, 4) is 0 Å². The molecule has 0 saturated carbocycles. The van der Waals surface area contributed by atoms with E-state index in [1.807, 2.05) is 30.3 Å². The van der Waals surface area contributed by atoms with Gasteiger partial charge in [0.1, 0.15) is 5.56 Å². The Morgan fingerprint density at radius 3 is 2.59 bits per heavy atom. The number of Topliss-reactive ketones (excluding diaryl/α,β-unsaturated/α-hetero) is 1. The molecule has 154 valence electrons. The molecule has 1 atom stereocenters. The maximum absolute atomic E-state index is 12.9. The molecule has 1 saturated heterocycles. The Balaban J connectivity index is 1.92. The minimum absolute atomic E-state index is 0.00466.